The van der Waals surface area contributed by atoms with Crippen LogP contribution in [0.5, 0.6) is 5.75 Å². The molecule has 0 unspecified atom stereocenters. The van der Waals surface area contributed by atoms with E-state index in [9.17, 15) is 0 Å². The van der Waals surface area contributed by atoms with E-state index < -0.39 is 0 Å². The fraction of sp³-hybridized carbons (Fsp3) is 0.438. The van der Waals surface area contributed by atoms with Crippen LogP contribution in [-0.4, -0.2) is 9.78 Å². The minimum atomic E-state index is 0.0812. The molecule has 0 aliphatic heterocycles. The molecule has 0 saturated carbocycles. The van der Waals surface area contributed by atoms with Crippen molar-refractivity contribution in [3.8, 4) is 5.75 Å². The molecule has 21 heavy (non-hydrogen) atoms. The lowest BCUT2D eigenvalue weighted by molar-refractivity contribution is 0.295. The molecule has 2 aromatic rings. The molecular formula is C16H22ClN3O. The first kappa shape index (κ1) is 15.9. The predicted octanol–water partition coefficient (Wildman–Crippen LogP) is 3.62. The van der Waals surface area contributed by atoms with E-state index in [2.05, 4.69) is 12.0 Å². The maximum absolute atomic E-state index is 6.30. The summed E-state index contributed by atoms with van der Waals surface area (Å²) in [5.41, 5.74) is 8.92. The number of benzene rings is 1. The Labute approximate surface area is 130 Å². The Kier molecular flexibility index (Phi) is 5.26. The van der Waals surface area contributed by atoms with Crippen LogP contribution in [0.15, 0.2) is 24.3 Å². The van der Waals surface area contributed by atoms with Gasteiger partial charge in [-0.3, -0.25) is 4.68 Å². The van der Waals surface area contributed by atoms with E-state index in [0.29, 0.717) is 11.6 Å². The molecule has 0 saturated heterocycles. The lowest BCUT2D eigenvalue weighted by atomic mass is 10.1. The van der Waals surface area contributed by atoms with Crippen LogP contribution >= 0.6 is 11.6 Å². The first-order chi connectivity index (χ1) is 10.1. The van der Waals surface area contributed by atoms with Crippen LogP contribution in [0.1, 0.15) is 43.3 Å². The van der Waals surface area contributed by atoms with E-state index in [1.54, 1.807) is 4.68 Å². The number of halogens is 1. The minimum Gasteiger partial charge on any atom is -0.487 e. The Hall–Kier alpha value is -1.52. The van der Waals surface area contributed by atoms with Gasteiger partial charge in [0, 0.05) is 13.1 Å². The zero-order valence-electron chi connectivity index (χ0n) is 12.8. The molecule has 2 N–H and O–H groups in total. The summed E-state index contributed by atoms with van der Waals surface area (Å²) in [5, 5.41) is 5.08. The van der Waals surface area contributed by atoms with Gasteiger partial charge in [0.2, 0.25) is 0 Å². The van der Waals surface area contributed by atoms with Crippen LogP contribution in [0, 0.1) is 0 Å². The summed E-state index contributed by atoms with van der Waals surface area (Å²) in [6, 6.07) is 7.97. The number of hydrogen-bond donors (Lipinski definition) is 1. The number of nitrogens with zero attached hydrogens (tertiary/aromatic N) is 2. The zero-order valence-corrected chi connectivity index (χ0v) is 13.5. The van der Waals surface area contributed by atoms with Crippen LogP contribution in [0.3, 0.4) is 0 Å². The fourth-order valence-electron chi connectivity index (χ4n) is 2.18. The molecule has 2 rings (SSSR count). The van der Waals surface area contributed by atoms with Gasteiger partial charge in [0.05, 0.1) is 16.4 Å². The Morgan fingerprint density at radius 2 is 1.95 bits per heavy atom. The van der Waals surface area contributed by atoms with Crippen LogP contribution in [-0.2, 0) is 20.1 Å². The van der Waals surface area contributed by atoms with Crippen molar-refractivity contribution >= 4 is 11.6 Å². The third kappa shape index (κ3) is 3.57. The van der Waals surface area contributed by atoms with Gasteiger partial charge in [0.15, 0.2) is 0 Å². The molecule has 0 spiro atoms. The molecule has 5 heteroatoms. The van der Waals surface area contributed by atoms with E-state index in [1.807, 2.05) is 38.2 Å². The van der Waals surface area contributed by atoms with E-state index in [4.69, 9.17) is 22.1 Å². The standard InChI is InChI=1S/C16H22ClN3O/c1-4-13(18)11-6-8-12(9-7-11)21-10-15-16(17)14(5-2)19-20(15)3/h6-9,13H,4-5,10,18H2,1-3H3/t13-/m0/s1. The van der Waals surface area contributed by atoms with E-state index >= 15 is 0 Å². The molecule has 1 aromatic carbocycles. The normalized spacial score (nSPS) is 12.4. The Bertz CT molecular complexity index is 592. The summed E-state index contributed by atoms with van der Waals surface area (Å²) in [6.45, 7) is 4.51. The highest BCUT2D eigenvalue weighted by molar-refractivity contribution is 6.31. The molecule has 0 radical (unpaired) electrons. The minimum absolute atomic E-state index is 0.0812. The number of aromatic nitrogens is 2. The van der Waals surface area contributed by atoms with Crippen molar-refractivity contribution in [1.29, 1.82) is 0 Å². The molecule has 0 aliphatic rings. The van der Waals surface area contributed by atoms with Gasteiger partial charge in [-0.15, -0.1) is 0 Å². The van der Waals surface area contributed by atoms with Crippen molar-refractivity contribution in [1.82, 2.24) is 9.78 Å². The third-order valence-electron chi connectivity index (χ3n) is 3.63. The summed E-state index contributed by atoms with van der Waals surface area (Å²) in [5.74, 6) is 0.803. The van der Waals surface area contributed by atoms with E-state index in [0.717, 1.165) is 35.5 Å². The Balaban J connectivity index is 2.05. The van der Waals surface area contributed by atoms with Crippen molar-refractivity contribution in [2.45, 2.75) is 39.3 Å². The molecular weight excluding hydrogens is 286 g/mol. The second-order valence-corrected chi connectivity index (χ2v) is 5.43. The van der Waals surface area contributed by atoms with Gasteiger partial charge >= 0.3 is 0 Å². The van der Waals surface area contributed by atoms with Gasteiger partial charge in [-0.2, -0.15) is 5.10 Å². The Morgan fingerprint density at radius 3 is 2.48 bits per heavy atom. The highest BCUT2D eigenvalue weighted by Crippen LogP contribution is 2.23. The van der Waals surface area contributed by atoms with Gasteiger partial charge in [0.25, 0.3) is 0 Å². The van der Waals surface area contributed by atoms with Gasteiger partial charge < -0.3 is 10.5 Å². The lowest BCUT2D eigenvalue weighted by Crippen LogP contribution is -2.08. The van der Waals surface area contributed by atoms with Crippen molar-refractivity contribution < 1.29 is 4.74 Å². The number of hydrogen-bond acceptors (Lipinski definition) is 3. The maximum atomic E-state index is 6.30. The highest BCUT2D eigenvalue weighted by Gasteiger charge is 2.13. The van der Waals surface area contributed by atoms with Crippen molar-refractivity contribution in [3.63, 3.8) is 0 Å². The molecule has 0 aliphatic carbocycles. The first-order valence-electron chi connectivity index (χ1n) is 7.25. The molecule has 1 atom stereocenters. The molecule has 0 amide bonds. The number of aryl methyl sites for hydroxylation is 2. The average Bonchev–Trinajstić information content (AvgIpc) is 2.79. The number of ether oxygens (including phenoxy) is 1. The quantitative estimate of drug-likeness (QED) is 0.886. The summed E-state index contributed by atoms with van der Waals surface area (Å²) in [6.07, 6.45) is 1.74. The van der Waals surface area contributed by atoms with Gasteiger partial charge in [-0.25, -0.2) is 0 Å². The second-order valence-electron chi connectivity index (χ2n) is 5.06. The highest BCUT2D eigenvalue weighted by atomic mass is 35.5. The third-order valence-corrected chi connectivity index (χ3v) is 4.06. The first-order valence-corrected chi connectivity index (χ1v) is 7.63. The fourth-order valence-corrected chi connectivity index (χ4v) is 2.52. The van der Waals surface area contributed by atoms with Crippen LogP contribution < -0.4 is 10.5 Å². The molecule has 4 nitrogen and oxygen atoms in total. The van der Waals surface area contributed by atoms with Gasteiger partial charge in [-0.05, 0) is 30.5 Å². The largest absolute Gasteiger partial charge is 0.487 e. The van der Waals surface area contributed by atoms with E-state index in [1.165, 1.54) is 0 Å². The van der Waals surface area contributed by atoms with Gasteiger partial charge in [-0.1, -0.05) is 37.6 Å². The van der Waals surface area contributed by atoms with Crippen LogP contribution in [0.25, 0.3) is 0 Å². The monoisotopic (exact) mass is 307 g/mol. The maximum Gasteiger partial charge on any atom is 0.131 e. The zero-order chi connectivity index (χ0) is 15.4. The number of nitrogens with two attached hydrogens (primary N) is 1. The van der Waals surface area contributed by atoms with Crippen LogP contribution in [0.4, 0.5) is 0 Å². The molecule has 0 fully saturated rings. The SMILES string of the molecule is CCc1nn(C)c(COc2ccc([C@@H](N)CC)cc2)c1Cl. The summed E-state index contributed by atoms with van der Waals surface area (Å²) in [4.78, 5) is 0. The predicted molar refractivity (Wildman–Crippen MR) is 85.6 cm³/mol. The van der Waals surface area contributed by atoms with Gasteiger partial charge in [0.1, 0.15) is 12.4 Å². The summed E-state index contributed by atoms with van der Waals surface area (Å²) < 4.78 is 7.57. The van der Waals surface area contributed by atoms with Crippen molar-refractivity contribution in [2.75, 3.05) is 0 Å². The van der Waals surface area contributed by atoms with E-state index in [-0.39, 0.29) is 6.04 Å². The van der Waals surface area contributed by atoms with Crippen LogP contribution in [0.2, 0.25) is 5.02 Å². The molecule has 114 valence electrons. The lowest BCUT2D eigenvalue weighted by Gasteiger charge is -2.11. The Morgan fingerprint density at radius 1 is 1.29 bits per heavy atom. The summed E-state index contributed by atoms with van der Waals surface area (Å²) in [7, 11) is 1.88. The number of rotatable bonds is 6. The average molecular weight is 308 g/mol. The molecule has 0 bridgehead atoms. The smallest absolute Gasteiger partial charge is 0.131 e. The van der Waals surface area contributed by atoms with Crippen molar-refractivity contribution in [3.05, 3.63) is 46.2 Å². The molecule has 1 aromatic heterocycles. The summed E-state index contributed by atoms with van der Waals surface area (Å²) >= 11 is 6.30. The second kappa shape index (κ2) is 6.96. The molecule has 1 heterocycles. The van der Waals surface area contributed by atoms with Crippen molar-refractivity contribution in [2.24, 2.45) is 12.8 Å². The topological polar surface area (TPSA) is 53.1 Å².